The van der Waals surface area contributed by atoms with Gasteiger partial charge in [0.25, 0.3) is 5.92 Å². The normalized spacial score (nSPS) is 15.8. The molecule has 0 unspecified atom stereocenters. The Bertz CT molecular complexity index is 4230. The molecule has 3 heterocycles. The number of hydrogen-bond donors (Lipinski definition) is 0. The van der Waals surface area contributed by atoms with E-state index in [-0.39, 0.29) is 80.0 Å². The van der Waals surface area contributed by atoms with Crippen LogP contribution >= 0.6 is 0 Å². The molecule has 2 aromatic heterocycles. The van der Waals surface area contributed by atoms with Gasteiger partial charge in [-0.3, -0.25) is 4.57 Å². The lowest BCUT2D eigenvalue weighted by Crippen LogP contribution is -2.25. The summed E-state index contributed by atoms with van der Waals surface area (Å²) in [6, 6.07) is 20.3. The zero-order valence-corrected chi connectivity index (χ0v) is 38.1. The van der Waals surface area contributed by atoms with Gasteiger partial charge < -0.3 is 9.80 Å². The molecule has 1 aliphatic heterocycles. The molecule has 0 saturated carbocycles. The van der Waals surface area contributed by atoms with Crippen molar-refractivity contribution in [3.63, 3.8) is 0 Å². The highest BCUT2D eigenvalue weighted by atomic mass is 19.3. The first-order valence-electron chi connectivity index (χ1n) is 29.2. The fourth-order valence-electron chi connectivity index (χ4n) is 9.69. The third kappa shape index (κ3) is 7.32. The molecule has 0 N–H and O–H groups in total. The number of anilines is 4. The number of benzene rings is 8. The predicted octanol–water partition coefficient (Wildman–Crippen LogP) is 16.8. The number of nitrogens with zero attached hydrogens (tertiary/aromatic N) is 4. The van der Waals surface area contributed by atoms with E-state index in [1.54, 1.807) is 52.4 Å². The summed E-state index contributed by atoms with van der Waals surface area (Å²) < 4.78 is 162. The molecule has 0 aliphatic carbocycles. The highest BCUT2D eigenvalue weighted by molar-refractivity contribution is 6.09. The summed E-state index contributed by atoms with van der Waals surface area (Å²) in [7, 11) is 0. The summed E-state index contributed by atoms with van der Waals surface area (Å²) in [4.78, 5) is 8.17. The van der Waals surface area contributed by atoms with Gasteiger partial charge in [0.1, 0.15) is 12.5 Å². The molecular formula is C62H52F2N4. The third-order valence-electron chi connectivity index (χ3n) is 12.8. The standard InChI is InChI=1S/C62H52F2N4/c1-40-32-41(2)59(42(3)33-40)45-34-48(62(63,64)47-28-29-53-52-22-13-14-25-54(52)68(57(53)37-47)58-38-46(30-31-65-58)61(4,5)6)36-49(35-45)66-39-67(56-27-16-15-26-55(56)66)60-50(43-18-9-7-10-19-43)23-17-24-51(60)44-20-11-8-12-21-44/h7-38H,39H2,1-6H3/i7D,8D,9D,10D,11D,12D,13D,14D,18D,19D,20D,21D,22D,25D. The number of alkyl halides is 2. The van der Waals surface area contributed by atoms with E-state index in [4.69, 9.17) is 19.2 Å². The van der Waals surface area contributed by atoms with Gasteiger partial charge in [-0.1, -0.05) is 159 Å². The average Bonchev–Trinajstić information content (AvgIpc) is 2.14. The van der Waals surface area contributed by atoms with E-state index in [0.29, 0.717) is 27.9 Å². The van der Waals surface area contributed by atoms with Gasteiger partial charge >= 0.3 is 0 Å². The molecule has 0 atom stereocenters. The molecule has 4 nitrogen and oxygen atoms in total. The van der Waals surface area contributed by atoms with Crippen LogP contribution in [0.15, 0.2) is 194 Å². The fourth-order valence-corrected chi connectivity index (χ4v) is 9.69. The van der Waals surface area contributed by atoms with Gasteiger partial charge in [-0.05, 0) is 120 Å². The van der Waals surface area contributed by atoms with Crippen LogP contribution in [0.3, 0.4) is 0 Å². The molecule has 0 saturated heterocycles. The van der Waals surface area contributed by atoms with Crippen molar-refractivity contribution in [1.29, 1.82) is 0 Å². The molecule has 334 valence electrons. The minimum atomic E-state index is -3.79. The first kappa shape index (κ1) is 29.7. The maximum absolute atomic E-state index is 18.5. The van der Waals surface area contributed by atoms with E-state index < -0.39 is 89.6 Å². The van der Waals surface area contributed by atoms with Gasteiger partial charge in [0.2, 0.25) is 0 Å². The summed E-state index contributed by atoms with van der Waals surface area (Å²) >= 11 is 0. The van der Waals surface area contributed by atoms with Crippen molar-refractivity contribution in [1.82, 2.24) is 9.55 Å². The van der Waals surface area contributed by atoms with Crippen LogP contribution in [-0.4, -0.2) is 16.2 Å². The molecule has 8 aromatic carbocycles. The van der Waals surface area contributed by atoms with Crippen LogP contribution in [0.25, 0.3) is 61.0 Å². The highest BCUT2D eigenvalue weighted by Gasteiger charge is 2.38. The number of aryl methyl sites for hydroxylation is 3. The molecule has 10 aromatic rings. The van der Waals surface area contributed by atoms with Crippen LogP contribution in [0, 0.1) is 20.8 Å². The van der Waals surface area contributed by atoms with Crippen molar-refractivity contribution in [2.75, 3.05) is 16.5 Å². The third-order valence-corrected chi connectivity index (χ3v) is 12.8. The number of pyridine rings is 1. The van der Waals surface area contributed by atoms with Crippen LogP contribution in [0.1, 0.15) is 73.3 Å². The lowest BCUT2D eigenvalue weighted by Gasteiger charge is -2.28. The SMILES string of the molecule is [2H]c1c([2H])c([2H])c(-c2cccc(-c3c([2H])c([2H])c([2H])c([2H])c3[2H])c2N2CN(c3cc(-c4c(C)cc(C)cc4C)cc(C(F)(F)c4ccc5c6c([2H])c([2H])c([2H])c([2H])c6n(-c6cc(C(C)(C)C)ccn6)c5c4)c3)c3ccccc32)c([2H])c1[2H]. The largest absolute Gasteiger partial charge is 0.321 e. The molecule has 0 amide bonds. The summed E-state index contributed by atoms with van der Waals surface area (Å²) in [5.74, 6) is -3.52. The van der Waals surface area contributed by atoms with E-state index in [9.17, 15) is 0 Å². The van der Waals surface area contributed by atoms with Gasteiger partial charge in [-0.25, -0.2) is 4.98 Å². The van der Waals surface area contributed by atoms with E-state index >= 15 is 8.78 Å². The Balaban J connectivity index is 1.16. The second-order valence-corrected chi connectivity index (χ2v) is 18.2. The van der Waals surface area contributed by atoms with Crippen molar-refractivity contribution in [3.8, 4) is 39.2 Å². The monoisotopic (exact) mass is 905 g/mol. The van der Waals surface area contributed by atoms with Gasteiger partial charge in [0, 0.05) is 44.9 Å². The summed E-state index contributed by atoms with van der Waals surface area (Å²) in [5.41, 5.74) is 4.67. The van der Waals surface area contributed by atoms with Crippen LogP contribution in [0.5, 0.6) is 0 Å². The smallest absolute Gasteiger partial charge is 0.298 e. The Labute approximate surface area is 417 Å². The molecule has 0 radical (unpaired) electrons. The lowest BCUT2D eigenvalue weighted by atomic mass is 9.88. The first-order chi connectivity index (χ1) is 38.6. The predicted molar refractivity (Wildman–Crippen MR) is 279 cm³/mol. The van der Waals surface area contributed by atoms with Crippen LogP contribution in [0.4, 0.5) is 31.5 Å². The zero-order chi connectivity index (χ0) is 59.1. The van der Waals surface area contributed by atoms with Crippen LogP contribution < -0.4 is 9.80 Å². The van der Waals surface area contributed by atoms with Gasteiger partial charge in [0.05, 0.1) is 47.3 Å². The Morgan fingerprint density at radius 3 is 1.84 bits per heavy atom. The minimum absolute atomic E-state index is 0.0750. The fraction of sp³-hybridized carbons (Fsp3) is 0.145. The Morgan fingerprint density at radius 2 is 1.18 bits per heavy atom. The summed E-state index contributed by atoms with van der Waals surface area (Å²) in [6.07, 6.45) is 1.59. The molecule has 1 aliphatic rings. The number of fused-ring (bicyclic) bond motifs is 4. The Morgan fingerprint density at radius 1 is 0.544 bits per heavy atom. The Hall–Kier alpha value is -7.83. The van der Waals surface area contributed by atoms with E-state index in [1.807, 2.05) is 59.7 Å². The van der Waals surface area contributed by atoms with E-state index in [0.717, 1.165) is 22.3 Å². The van der Waals surface area contributed by atoms with Crippen molar-refractivity contribution in [2.45, 2.75) is 52.9 Å². The number of halogens is 2. The maximum Gasteiger partial charge on any atom is 0.298 e. The second kappa shape index (κ2) is 16.5. The van der Waals surface area contributed by atoms with Gasteiger partial charge in [-0.2, -0.15) is 8.78 Å². The minimum Gasteiger partial charge on any atom is -0.321 e. The summed E-state index contributed by atoms with van der Waals surface area (Å²) in [5, 5.41) is 0.457. The molecule has 0 bridgehead atoms. The molecular weight excluding hydrogens is 839 g/mol. The van der Waals surface area contributed by atoms with Crippen molar-refractivity contribution >= 4 is 44.6 Å². The summed E-state index contributed by atoms with van der Waals surface area (Å²) in [6.45, 7) is 11.6. The topological polar surface area (TPSA) is 24.3 Å². The zero-order valence-electron chi connectivity index (χ0n) is 52.1. The number of para-hydroxylation sites is 4. The average molecular weight is 905 g/mol. The molecule has 68 heavy (non-hydrogen) atoms. The van der Waals surface area contributed by atoms with Crippen LogP contribution in [-0.2, 0) is 11.3 Å². The molecule has 11 rings (SSSR count). The number of rotatable bonds is 8. The highest BCUT2D eigenvalue weighted by Crippen LogP contribution is 2.52. The van der Waals surface area contributed by atoms with E-state index in [2.05, 4.69) is 4.98 Å². The van der Waals surface area contributed by atoms with Crippen molar-refractivity contribution in [2.24, 2.45) is 0 Å². The first-order valence-corrected chi connectivity index (χ1v) is 22.2. The molecule has 6 heteroatoms. The molecule has 0 fully saturated rings. The quantitative estimate of drug-likeness (QED) is 0.152. The Kier molecular flexibility index (Phi) is 7.21. The van der Waals surface area contributed by atoms with Crippen molar-refractivity contribution < 1.29 is 28.0 Å². The number of aromatic nitrogens is 2. The van der Waals surface area contributed by atoms with Gasteiger partial charge in [-0.15, -0.1) is 0 Å². The van der Waals surface area contributed by atoms with Gasteiger partial charge in [0.15, 0.2) is 0 Å². The van der Waals surface area contributed by atoms with Crippen molar-refractivity contribution in [3.05, 3.63) is 227 Å². The number of hydrogen-bond acceptors (Lipinski definition) is 3. The maximum atomic E-state index is 18.5. The lowest BCUT2D eigenvalue weighted by molar-refractivity contribution is 0.0430. The van der Waals surface area contributed by atoms with E-state index in [1.165, 1.54) is 53.1 Å². The van der Waals surface area contributed by atoms with Crippen LogP contribution in [0.2, 0.25) is 0 Å². The second-order valence-electron chi connectivity index (χ2n) is 18.2. The molecule has 0 spiro atoms.